The monoisotopic (exact) mass is 182 g/mol. The third-order valence-electron chi connectivity index (χ3n) is 1.76. The maximum atomic E-state index is 11.4. The van der Waals surface area contributed by atoms with Crippen LogP contribution in [0.5, 0.6) is 0 Å². The number of ether oxygens (including phenoxy) is 1. The highest BCUT2D eigenvalue weighted by atomic mass is 16.5. The van der Waals surface area contributed by atoms with Crippen molar-refractivity contribution in [3.63, 3.8) is 0 Å². The second-order valence-corrected chi connectivity index (χ2v) is 2.72. The lowest BCUT2D eigenvalue weighted by Gasteiger charge is -2.06. The first-order chi connectivity index (χ1) is 6.17. The molecular weight excluding hydrogens is 164 g/mol. The quantitative estimate of drug-likeness (QED) is 0.379. The summed E-state index contributed by atoms with van der Waals surface area (Å²) in [5.74, 6) is -0.222. The van der Waals surface area contributed by atoms with Crippen molar-refractivity contribution >= 4 is 5.97 Å². The van der Waals surface area contributed by atoms with Gasteiger partial charge in [-0.2, -0.15) is 0 Å². The summed E-state index contributed by atoms with van der Waals surface area (Å²) < 4.78 is 4.93. The van der Waals surface area contributed by atoms with Crippen LogP contribution in [0.1, 0.15) is 34.1 Å². The van der Waals surface area contributed by atoms with E-state index in [1.54, 1.807) is 0 Å². The van der Waals surface area contributed by atoms with Crippen LogP contribution in [0, 0.1) is 0 Å². The number of allylic oxidation sites excluding steroid dienone is 2. The Balaban J connectivity index is 4.62. The molecule has 0 atom stereocenters. The lowest BCUT2D eigenvalue weighted by molar-refractivity contribution is -0.138. The minimum Gasteiger partial charge on any atom is -0.462 e. The molecule has 0 aromatic carbocycles. The van der Waals surface area contributed by atoms with Gasteiger partial charge in [0.25, 0.3) is 0 Å². The Kier molecular flexibility index (Phi) is 5.94. The first kappa shape index (κ1) is 11.9. The third-order valence-corrected chi connectivity index (χ3v) is 1.76. The number of hydrogen-bond acceptors (Lipinski definition) is 2. The van der Waals surface area contributed by atoms with Crippen molar-refractivity contribution in [2.45, 2.75) is 34.1 Å². The highest BCUT2D eigenvalue weighted by molar-refractivity contribution is 5.93. The summed E-state index contributed by atoms with van der Waals surface area (Å²) in [6.45, 7) is 8.07. The largest absolute Gasteiger partial charge is 0.462 e. The summed E-state index contributed by atoms with van der Waals surface area (Å²) in [5, 5.41) is 0. The van der Waals surface area contributed by atoms with Gasteiger partial charge >= 0.3 is 5.97 Å². The number of carbonyl (C=O) groups excluding carboxylic acids is 1. The molecule has 0 saturated carbocycles. The molecule has 2 heteroatoms. The van der Waals surface area contributed by atoms with Gasteiger partial charge in [0.15, 0.2) is 0 Å². The summed E-state index contributed by atoms with van der Waals surface area (Å²) in [5.41, 5.74) is 1.66. The van der Waals surface area contributed by atoms with Crippen LogP contribution < -0.4 is 0 Å². The first-order valence-corrected chi connectivity index (χ1v) is 4.67. The van der Waals surface area contributed by atoms with Crippen molar-refractivity contribution in [1.29, 1.82) is 0 Å². The van der Waals surface area contributed by atoms with E-state index in [-0.39, 0.29) is 5.97 Å². The Morgan fingerprint density at radius 2 is 2.00 bits per heavy atom. The molecule has 0 fully saturated rings. The minimum atomic E-state index is -0.222. The Hall–Kier alpha value is -1.05. The maximum absolute atomic E-state index is 11.4. The average molecular weight is 182 g/mol. The second-order valence-electron chi connectivity index (χ2n) is 2.72. The summed E-state index contributed by atoms with van der Waals surface area (Å²) in [6.07, 6.45) is 4.66. The molecule has 0 bridgehead atoms. The van der Waals surface area contributed by atoms with Gasteiger partial charge in [-0.1, -0.05) is 19.1 Å². The second kappa shape index (κ2) is 6.46. The molecule has 0 rings (SSSR count). The zero-order valence-electron chi connectivity index (χ0n) is 8.89. The van der Waals surface area contributed by atoms with Crippen LogP contribution in [0.25, 0.3) is 0 Å². The first-order valence-electron chi connectivity index (χ1n) is 4.67. The van der Waals surface area contributed by atoms with Crippen LogP contribution >= 0.6 is 0 Å². The SMILES string of the molecule is C/C=C(C)\C(=C/CC)C(=O)OCC. The van der Waals surface area contributed by atoms with E-state index >= 15 is 0 Å². The minimum absolute atomic E-state index is 0.222. The molecule has 0 aliphatic rings. The number of rotatable bonds is 4. The smallest absolute Gasteiger partial charge is 0.338 e. The van der Waals surface area contributed by atoms with Gasteiger partial charge < -0.3 is 4.74 Å². The van der Waals surface area contributed by atoms with E-state index in [9.17, 15) is 4.79 Å². The Morgan fingerprint density at radius 1 is 1.38 bits per heavy atom. The molecule has 0 aromatic rings. The van der Waals surface area contributed by atoms with Crippen LogP contribution in [-0.4, -0.2) is 12.6 Å². The molecule has 2 nitrogen and oxygen atoms in total. The zero-order valence-corrected chi connectivity index (χ0v) is 8.89. The lowest BCUT2D eigenvalue weighted by atomic mass is 10.1. The fraction of sp³-hybridized carbons (Fsp3) is 0.545. The van der Waals surface area contributed by atoms with Crippen molar-refractivity contribution in [1.82, 2.24) is 0 Å². The van der Waals surface area contributed by atoms with Crippen LogP contribution in [-0.2, 0) is 9.53 Å². The molecule has 0 aromatic heterocycles. The number of esters is 1. The topological polar surface area (TPSA) is 26.3 Å². The fourth-order valence-corrected chi connectivity index (χ4v) is 0.974. The van der Waals surface area contributed by atoms with Crippen molar-refractivity contribution in [2.75, 3.05) is 6.61 Å². The molecule has 0 aliphatic heterocycles. The van der Waals surface area contributed by atoms with Gasteiger partial charge in [0, 0.05) is 0 Å². The predicted molar refractivity (Wildman–Crippen MR) is 54.4 cm³/mol. The van der Waals surface area contributed by atoms with Gasteiger partial charge in [0.1, 0.15) is 0 Å². The van der Waals surface area contributed by atoms with Gasteiger partial charge in [0.2, 0.25) is 0 Å². The van der Waals surface area contributed by atoms with Crippen LogP contribution in [0.15, 0.2) is 23.3 Å². The van der Waals surface area contributed by atoms with E-state index in [1.807, 2.05) is 39.8 Å². The van der Waals surface area contributed by atoms with E-state index in [4.69, 9.17) is 4.74 Å². The van der Waals surface area contributed by atoms with E-state index < -0.39 is 0 Å². The van der Waals surface area contributed by atoms with E-state index in [0.29, 0.717) is 12.2 Å². The molecule has 0 aliphatic carbocycles. The van der Waals surface area contributed by atoms with Gasteiger partial charge in [-0.3, -0.25) is 0 Å². The van der Waals surface area contributed by atoms with Crippen molar-refractivity contribution in [3.05, 3.63) is 23.3 Å². The fourth-order valence-electron chi connectivity index (χ4n) is 0.974. The molecule has 0 heterocycles. The summed E-state index contributed by atoms with van der Waals surface area (Å²) in [4.78, 5) is 11.4. The van der Waals surface area contributed by atoms with Gasteiger partial charge in [-0.15, -0.1) is 0 Å². The molecule has 74 valence electrons. The van der Waals surface area contributed by atoms with E-state index in [0.717, 1.165) is 12.0 Å². The Labute approximate surface area is 80.3 Å². The van der Waals surface area contributed by atoms with E-state index in [2.05, 4.69) is 0 Å². The van der Waals surface area contributed by atoms with Gasteiger partial charge in [-0.05, 0) is 32.8 Å². The molecule has 0 unspecified atom stereocenters. The summed E-state index contributed by atoms with van der Waals surface area (Å²) in [6, 6.07) is 0. The van der Waals surface area contributed by atoms with E-state index in [1.165, 1.54) is 0 Å². The molecular formula is C11H18O2. The molecule has 0 saturated heterocycles. The van der Waals surface area contributed by atoms with Crippen LogP contribution in [0.3, 0.4) is 0 Å². The predicted octanol–water partition coefficient (Wildman–Crippen LogP) is 2.85. The number of carbonyl (C=O) groups is 1. The zero-order chi connectivity index (χ0) is 10.3. The highest BCUT2D eigenvalue weighted by Gasteiger charge is 2.10. The van der Waals surface area contributed by atoms with Crippen molar-refractivity contribution in [2.24, 2.45) is 0 Å². The Morgan fingerprint density at radius 3 is 2.38 bits per heavy atom. The highest BCUT2D eigenvalue weighted by Crippen LogP contribution is 2.11. The summed E-state index contributed by atoms with van der Waals surface area (Å²) in [7, 11) is 0. The maximum Gasteiger partial charge on any atom is 0.338 e. The Bertz CT molecular complexity index is 224. The molecule has 0 radical (unpaired) electrons. The standard InChI is InChI=1S/C11H18O2/c1-5-8-10(9(4)6-2)11(12)13-7-3/h6,8H,5,7H2,1-4H3/b9-6-,10-8+. The van der Waals surface area contributed by atoms with Crippen LogP contribution in [0.2, 0.25) is 0 Å². The average Bonchev–Trinajstić information content (AvgIpc) is 2.13. The van der Waals surface area contributed by atoms with Gasteiger partial charge in [-0.25, -0.2) is 4.79 Å². The van der Waals surface area contributed by atoms with Crippen molar-refractivity contribution < 1.29 is 9.53 Å². The molecule has 13 heavy (non-hydrogen) atoms. The van der Waals surface area contributed by atoms with Gasteiger partial charge in [0.05, 0.1) is 12.2 Å². The molecule has 0 amide bonds. The number of hydrogen-bond donors (Lipinski definition) is 0. The van der Waals surface area contributed by atoms with Crippen LogP contribution in [0.4, 0.5) is 0 Å². The molecule has 0 spiro atoms. The van der Waals surface area contributed by atoms with Crippen molar-refractivity contribution in [3.8, 4) is 0 Å². The summed E-state index contributed by atoms with van der Waals surface area (Å²) >= 11 is 0. The molecule has 0 N–H and O–H groups in total. The third kappa shape index (κ3) is 3.92. The lowest BCUT2D eigenvalue weighted by Crippen LogP contribution is -2.08. The normalized spacial score (nSPS) is 12.9.